The number of aliphatic hydroxyl groups is 1. The molecule has 1 unspecified atom stereocenters. The maximum Gasteiger partial charge on any atom is 0.259 e. The third-order valence-electron chi connectivity index (χ3n) is 4.53. The molecular formula is C21H18ClNO3. The van der Waals surface area contributed by atoms with Gasteiger partial charge in [0.25, 0.3) is 5.91 Å². The molecule has 1 amide bonds. The van der Waals surface area contributed by atoms with Gasteiger partial charge in [-0.05, 0) is 35.2 Å². The van der Waals surface area contributed by atoms with Crippen molar-refractivity contribution in [3.63, 3.8) is 0 Å². The van der Waals surface area contributed by atoms with Crippen LogP contribution in [0.1, 0.15) is 15.9 Å². The smallest absolute Gasteiger partial charge is 0.259 e. The summed E-state index contributed by atoms with van der Waals surface area (Å²) in [5.74, 6) is -0.0754. The maximum absolute atomic E-state index is 12.7. The average molecular weight is 368 g/mol. The van der Waals surface area contributed by atoms with Crippen molar-refractivity contribution >= 4 is 34.0 Å². The van der Waals surface area contributed by atoms with Crippen LogP contribution in [0.4, 0.5) is 5.69 Å². The number of aliphatic hydroxyl groups excluding tert-OH is 1. The normalized spacial score (nSPS) is 14.2. The summed E-state index contributed by atoms with van der Waals surface area (Å²) in [6.07, 6.45) is -0.768. The van der Waals surface area contributed by atoms with Gasteiger partial charge in [0.15, 0.2) is 0 Å². The fraction of sp³-hybridized carbons (Fsp3) is 0.190. The predicted octanol–water partition coefficient (Wildman–Crippen LogP) is 4.03. The first kappa shape index (κ1) is 17.0. The summed E-state index contributed by atoms with van der Waals surface area (Å²) in [6.45, 7) is 0.740. The minimum Gasteiger partial charge on any atom is -0.389 e. The summed E-state index contributed by atoms with van der Waals surface area (Å²) >= 11 is 5.86. The molecule has 1 aliphatic rings. The van der Waals surface area contributed by atoms with E-state index < -0.39 is 6.10 Å². The number of hydrogen-bond donors (Lipinski definition) is 1. The number of carbonyl (C=O) groups is 1. The quantitative estimate of drug-likeness (QED) is 0.715. The van der Waals surface area contributed by atoms with Crippen LogP contribution in [0.2, 0.25) is 5.02 Å². The molecule has 0 saturated heterocycles. The van der Waals surface area contributed by atoms with Gasteiger partial charge in [-0.15, -0.1) is 0 Å². The first-order valence-electron chi connectivity index (χ1n) is 8.47. The van der Waals surface area contributed by atoms with Gasteiger partial charge in [0.2, 0.25) is 0 Å². The highest BCUT2D eigenvalue weighted by atomic mass is 35.5. The largest absolute Gasteiger partial charge is 0.389 e. The summed E-state index contributed by atoms with van der Waals surface area (Å²) in [5.41, 5.74) is 2.52. The number of hydrogen-bond acceptors (Lipinski definition) is 3. The van der Waals surface area contributed by atoms with E-state index in [-0.39, 0.29) is 19.1 Å². The van der Waals surface area contributed by atoms with Crippen LogP contribution in [0, 0.1) is 0 Å². The Morgan fingerprint density at radius 3 is 2.54 bits per heavy atom. The van der Waals surface area contributed by atoms with Crippen LogP contribution in [0.25, 0.3) is 10.8 Å². The van der Waals surface area contributed by atoms with E-state index in [0.717, 1.165) is 22.0 Å². The van der Waals surface area contributed by atoms with Gasteiger partial charge >= 0.3 is 0 Å². The Labute approximate surface area is 156 Å². The molecule has 4 nitrogen and oxygen atoms in total. The number of ether oxygens (including phenoxy) is 1. The second kappa shape index (κ2) is 7.08. The van der Waals surface area contributed by atoms with Gasteiger partial charge in [0, 0.05) is 16.0 Å². The summed E-state index contributed by atoms with van der Waals surface area (Å²) in [4.78, 5) is 14.3. The second-order valence-corrected chi connectivity index (χ2v) is 6.83. The number of nitrogens with zero attached hydrogens (tertiary/aromatic N) is 1. The molecule has 3 aromatic carbocycles. The zero-order valence-corrected chi connectivity index (χ0v) is 14.8. The lowest BCUT2D eigenvalue weighted by atomic mass is 10.1. The summed E-state index contributed by atoms with van der Waals surface area (Å²) < 4.78 is 5.59. The molecule has 0 aromatic heterocycles. The first-order valence-corrected chi connectivity index (χ1v) is 8.85. The predicted molar refractivity (Wildman–Crippen MR) is 103 cm³/mol. The molecule has 0 fully saturated rings. The highest BCUT2D eigenvalue weighted by Crippen LogP contribution is 2.37. The average Bonchev–Trinajstić information content (AvgIpc) is 2.92. The molecular weight excluding hydrogens is 350 g/mol. The van der Waals surface area contributed by atoms with Crippen molar-refractivity contribution in [1.29, 1.82) is 0 Å². The number of halogens is 1. The standard InChI is InChI=1S/C21H18ClNO3/c22-16-9-7-14(8-10-16)12-26-13-17(24)11-23-19-6-2-4-15-3-1-5-18(20(15)19)21(23)25/h1-10,17,24H,11-13H2. The molecule has 5 heteroatoms. The third kappa shape index (κ3) is 3.19. The highest BCUT2D eigenvalue weighted by molar-refractivity contribution is 6.30. The molecule has 1 atom stereocenters. The number of rotatable bonds is 6. The van der Waals surface area contributed by atoms with Gasteiger partial charge in [-0.1, -0.05) is 48.0 Å². The Morgan fingerprint density at radius 2 is 1.77 bits per heavy atom. The highest BCUT2D eigenvalue weighted by Gasteiger charge is 2.30. The molecule has 3 aromatic rings. The number of benzene rings is 3. The fourth-order valence-electron chi connectivity index (χ4n) is 3.32. The summed E-state index contributed by atoms with van der Waals surface area (Å²) in [7, 11) is 0. The Bertz CT molecular complexity index is 950. The Hall–Kier alpha value is -2.40. The van der Waals surface area contributed by atoms with Crippen LogP contribution in [-0.4, -0.2) is 30.3 Å². The van der Waals surface area contributed by atoms with Crippen molar-refractivity contribution in [2.24, 2.45) is 0 Å². The topological polar surface area (TPSA) is 49.8 Å². The van der Waals surface area contributed by atoms with E-state index in [1.165, 1.54) is 0 Å². The minimum atomic E-state index is -0.768. The molecule has 4 rings (SSSR count). The molecule has 0 saturated carbocycles. The van der Waals surface area contributed by atoms with Crippen LogP contribution in [-0.2, 0) is 11.3 Å². The molecule has 1 N–H and O–H groups in total. The number of carbonyl (C=O) groups excluding carboxylic acids is 1. The minimum absolute atomic E-state index is 0.0754. The molecule has 0 spiro atoms. The van der Waals surface area contributed by atoms with Crippen molar-refractivity contribution in [3.8, 4) is 0 Å². The zero-order valence-electron chi connectivity index (χ0n) is 14.1. The molecule has 1 heterocycles. The number of β-amino-alcohol motifs (C(OH)–C–C–N with tert-alkyl or cyclic N) is 1. The van der Waals surface area contributed by atoms with Crippen LogP contribution in [0.5, 0.6) is 0 Å². The van der Waals surface area contributed by atoms with Crippen molar-refractivity contribution in [1.82, 2.24) is 0 Å². The van der Waals surface area contributed by atoms with Crippen LogP contribution < -0.4 is 4.90 Å². The zero-order chi connectivity index (χ0) is 18.1. The van der Waals surface area contributed by atoms with Gasteiger partial charge in [0.05, 0.1) is 31.5 Å². The van der Waals surface area contributed by atoms with E-state index >= 15 is 0 Å². The molecule has 132 valence electrons. The van der Waals surface area contributed by atoms with E-state index in [1.54, 1.807) is 17.0 Å². The summed E-state index contributed by atoms with van der Waals surface area (Å²) in [6, 6.07) is 18.9. The van der Waals surface area contributed by atoms with E-state index in [4.69, 9.17) is 16.3 Å². The van der Waals surface area contributed by atoms with Crippen molar-refractivity contribution in [2.75, 3.05) is 18.1 Å². The lowest BCUT2D eigenvalue weighted by Crippen LogP contribution is -2.37. The molecule has 26 heavy (non-hydrogen) atoms. The molecule has 0 radical (unpaired) electrons. The van der Waals surface area contributed by atoms with Crippen molar-refractivity contribution < 1.29 is 14.6 Å². The van der Waals surface area contributed by atoms with Crippen molar-refractivity contribution in [2.45, 2.75) is 12.7 Å². The van der Waals surface area contributed by atoms with Gasteiger partial charge < -0.3 is 14.7 Å². The van der Waals surface area contributed by atoms with Crippen LogP contribution in [0.15, 0.2) is 60.7 Å². The lowest BCUT2D eigenvalue weighted by Gasteiger charge is -2.21. The van der Waals surface area contributed by atoms with E-state index in [9.17, 15) is 9.90 Å². The van der Waals surface area contributed by atoms with Crippen LogP contribution >= 0.6 is 11.6 Å². The Morgan fingerprint density at radius 1 is 1.04 bits per heavy atom. The number of anilines is 1. The Balaban J connectivity index is 1.41. The van der Waals surface area contributed by atoms with E-state index in [0.29, 0.717) is 17.2 Å². The molecule has 0 bridgehead atoms. The van der Waals surface area contributed by atoms with Crippen molar-refractivity contribution in [3.05, 3.63) is 76.8 Å². The van der Waals surface area contributed by atoms with Gasteiger partial charge in [-0.3, -0.25) is 4.79 Å². The molecule has 0 aliphatic carbocycles. The Kier molecular flexibility index (Phi) is 4.64. The van der Waals surface area contributed by atoms with Gasteiger partial charge in [-0.25, -0.2) is 0 Å². The lowest BCUT2D eigenvalue weighted by molar-refractivity contribution is 0.0317. The molecule has 1 aliphatic heterocycles. The monoisotopic (exact) mass is 367 g/mol. The van der Waals surface area contributed by atoms with Gasteiger partial charge in [-0.2, -0.15) is 0 Å². The van der Waals surface area contributed by atoms with Crippen LogP contribution in [0.3, 0.4) is 0 Å². The summed E-state index contributed by atoms with van der Waals surface area (Å²) in [5, 5.41) is 13.0. The third-order valence-corrected chi connectivity index (χ3v) is 4.79. The number of amides is 1. The first-order chi connectivity index (χ1) is 12.6. The second-order valence-electron chi connectivity index (χ2n) is 6.39. The fourth-order valence-corrected chi connectivity index (χ4v) is 3.44. The maximum atomic E-state index is 12.7. The van der Waals surface area contributed by atoms with E-state index in [2.05, 4.69) is 0 Å². The van der Waals surface area contributed by atoms with Gasteiger partial charge in [0.1, 0.15) is 0 Å². The SMILES string of the molecule is O=C1c2cccc3cccc(c23)N1CC(O)COCc1ccc(Cl)cc1. The van der Waals surface area contributed by atoms with E-state index in [1.807, 2.05) is 48.5 Å².